The molecule has 1 rings (SSSR count). The number of alkyl halides is 3. The van der Waals surface area contributed by atoms with Gasteiger partial charge in [0.15, 0.2) is 0 Å². The molecule has 10 heteroatoms. The molecule has 1 atom stereocenters. The van der Waals surface area contributed by atoms with Crippen molar-refractivity contribution < 1.29 is 26.4 Å². The predicted molar refractivity (Wildman–Crippen MR) is 71.7 cm³/mol. The summed E-state index contributed by atoms with van der Waals surface area (Å²) in [4.78, 5) is 11.8. The zero-order chi connectivity index (χ0) is 16.8. The van der Waals surface area contributed by atoms with E-state index in [1.807, 2.05) is 0 Å². The van der Waals surface area contributed by atoms with E-state index in [4.69, 9.17) is 5.26 Å². The van der Waals surface area contributed by atoms with Gasteiger partial charge >= 0.3 is 15.5 Å². The van der Waals surface area contributed by atoms with Crippen LogP contribution in [0.3, 0.4) is 0 Å². The van der Waals surface area contributed by atoms with Crippen LogP contribution in [0.25, 0.3) is 0 Å². The lowest BCUT2D eigenvalue weighted by molar-refractivity contribution is -0.123. The maximum Gasteiger partial charge on any atom is 0.511 e. The maximum absolute atomic E-state index is 12.5. The molecule has 0 saturated heterocycles. The van der Waals surface area contributed by atoms with Gasteiger partial charge in [-0.2, -0.15) is 23.2 Å². The Kier molecular flexibility index (Phi) is 6.62. The molecule has 126 valence electrons. The molecule has 0 aromatic heterocycles. The lowest BCUT2D eigenvalue weighted by Crippen LogP contribution is -2.51. The highest BCUT2D eigenvalue weighted by atomic mass is 32.2. The molecule has 1 fully saturated rings. The summed E-state index contributed by atoms with van der Waals surface area (Å²) in [5.74, 6) is -0.928. The first-order chi connectivity index (χ1) is 10.2. The fourth-order valence-electron chi connectivity index (χ4n) is 2.47. The smallest absolute Gasteiger partial charge is 0.342 e. The first kappa shape index (κ1) is 18.7. The second-order valence-corrected chi connectivity index (χ2v) is 6.94. The van der Waals surface area contributed by atoms with Crippen molar-refractivity contribution in [2.75, 3.05) is 6.54 Å². The molecule has 22 heavy (non-hydrogen) atoms. The van der Waals surface area contributed by atoms with Crippen molar-refractivity contribution in [2.24, 2.45) is 5.92 Å². The fourth-order valence-corrected chi connectivity index (χ4v) is 3.18. The van der Waals surface area contributed by atoms with Crippen molar-refractivity contribution in [2.45, 2.75) is 50.1 Å². The molecule has 0 heterocycles. The molecule has 1 saturated carbocycles. The normalized spacial score (nSPS) is 18.5. The quantitative estimate of drug-likeness (QED) is 0.714. The molecule has 2 N–H and O–H groups in total. The van der Waals surface area contributed by atoms with Crippen LogP contribution in [0.15, 0.2) is 0 Å². The molecular formula is C12H18F3N3O3S. The third kappa shape index (κ3) is 5.46. The van der Waals surface area contributed by atoms with Crippen LogP contribution >= 0.6 is 0 Å². The molecule has 0 radical (unpaired) electrons. The van der Waals surface area contributed by atoms with Crippen LogP contribution < -0.4 is 10.0 Å². The summed E-state index contributed by atoms with van der Waals surface area (Å²) in [5.41, 5.74) is -5.48. The van der Waals surface area contributed by atoms with E-state index in [1.54, 1.807) is 6.07 Å². The maximum atomic E-state index is 12.5. The molecule has 1 aliphatic carbocycles. The molecule has 1 amide bonds. The number of hydrogen-bond donors (Lipinski definition) is 2. The van der Waals surface area contributed by atoms with Gasteiger partial charge in [-0.3, -0.25) is 4.79 Å². The van der Waals surface area contributed by atoms with Gasteiger partial charge in [0.2, 0.25) is 5.91 Å². The van der Waals surface area contributed by atoms with E-state index in [0.29, 0.717) is 0 Å². The summed E-state index contributed by atoms with van der Waals surface area (Å²) >= 11 is 0. The van der Waals surface area contributed by atoms with Crippen molar-refractivity contribution in [1.29, 1.82) is 5.26 Å². The average Bonchev–Trinajstić information content (AvgIpc) is 2.43. The summed E-state index contributed by atoms with van der Waals surface area (Å²) in [5, 5.41) is 10.5. The van der Waals surface area contributed by atoms with Gasteiger partial charge < -0.3 is 5.32 Å². The van der Waals surface area contributed by atoms with E-state index in [1.165, 1.54) is 4.72 Å². The monoisotopic (exact) mass is 341 g/mol. The van der Waals surface area contributed by atoms with Crippen LogP contribution in [0.2, 0.25) is 0 Å². The van der Waals surface area contributed by atoms with Crippen molar-refractivity contribution in [3.63, 3.8) is 0 Å². The Balaban J connectivity index is 2.81. The van der Waals surface area contributed by atoms with Gasteiger partial charge in [-0.25, -0.2) is 8.42 Å². The van der Waals surface area contributed by atoms with E-state index in [-0.39, 0.29) is 12.3 Å². The second-order valence-electron chi connectivity index (χ2n) is 5.24. The van der Waals surface area contributed by atoms with Crippen LogP contribution in [-0.4, -0.2) is 32.4 Å². The van der Waals surface area contributed by atoms with Crippen molar-refractivity contribution in [3.05, 3.63) is 0 Å². The molecular weight excluding hydrogens is 323 g/mol. The van der Waals surface area contributed by atoms with Crippen LogP contribution in [0.1, 0.15) is 38.5 Å². The van der Waals surface area contributed by atoms with Crippen LogP contribution in [-0.2, 0) is 14.8 Å². The fraction of sp³-hybridized carbons (Fsp3) is 0.833. The number of rotatable bonds is 6. The number of sulfonamides is 1. The molecule has 0 aliphatic heterocycles. The first-order valence-corrected chi connectivity index (χ1v) is 8.39. The van der Waals surface area contributed by atoms with E-state index >= 15 is 0 Å². The highest BCUT2D eigenvalue weighted by Gasteiger charge is 2.47. The minimum absolute atomic E-state index is 0.00737. The Bertz CT molecular complexity index is 522. The molecule has 0 aromatic rings. The third-order valence-electron chi connectivity index (χ3n) is 3.55. The predicted octanol–water partition coefficient (Wildman–Crippen LogP) is 1.40. The van der Waals surface area contributed by atoms with Crippen molar-refractivity contribution >= 4 is 15.9 Å². The van der Waals surface area contributed by atoms with Crippen LogP contribution in [0, 0.1) is 17.2 Å². The first-order valence-electron chi connectivity index (χ1n) is 6.90. The van der Waals surface area contributed by atoms with Crippen molar-refractivity contribution in [3.8, 4) is 6.07 Å². The summed E-state index contributed by atoms with van der Waals surface area (Å²) in [7, 11) is -5.61. The SMILES string of the molecule is N#CCNC(=O)[C@H](CC1CCCCC1)NS(=O)(=O)C(F)(F)F. The third-order valence-corrected chi connectivity index (χ3v) is 4.76. The zero-order valence-electron chi connectivity index (χ0n) is 11.8. The summed E-state index contributed by atoms with van der Waals surface area (Å²) in [6.45, 7) is -0.395. The molecule has 1 aliphatic rings. The van der Waals surface area contributed by atoms with Gasteiger partial charge in [-0.1, -0.05) is 32.1 Å². The van der Waals surface area contributed by atoms with E-state index in [0.717, 1.165) is 32.1 Å². The lowest BCUT2D eigenvalue weighted by atomic mass is 9.85. The Morgan fingerprint density at radius 3 is 2.36 bits per heavy atom. The Morgan fingerprint density at radius 2 is 1.86 bits per heavy atom. The number of nitriles is 1. The van der Waals surface area contributed by atoms with Gasteiger partial charge in [0.1, 0.15) is 12.6 Å². The Labute approximate surface area is 127 Å². The van der Waals surface area contributed by atoms with E-state index in [2.05, 4.69) is 5.32 Å². The van der Waals surface area contributed by atoms with E-state index < -0.39 is 34.0 Å². The highest BCUT2D eigenvalue weighted by Crippen LogP contribution is 2.29. The number of amides is 1. The Hall–Kier alpha value is -1.34. The van der Waals surface area contributed by atoms with Crippen molar-refractivity contribution in [1.82, 2.24) is 10.0 Å². The van der Waals surface area contributed by atoms with Gasteiger partial charge in [0.05, 0.1) is 6.07 Å². The number of carbonyl (C=O) groups is 1. The summed E-state index contributed by atoms with van der Waals surface area (Å²) in [6.07, 6.45) is 4.32. The Morgan fingerprint density at radius 1 is 1.27 bits per heavy atom. The number of hydrogen-bond acceptors (Lipinski definition) is 4. The lowest BCUT2D eigenvalue weighted by Gasteiger charge is -2.26. The van der Waals surface area contributed by atoms with Gasteiger partial charge in [0.25, 0.3) is 0 Å². The van der Waals surface area contributed by atoms with Gasteiger partial charge in [-0.15, -0.1) is 0 Å². The second kappa shape index (κ2) is 7.78. The zero-order valence-corrected chi connectivity index (χ0v) is 12.6. The average molecular weight is 341 g/mol. The molecule has 0 aromatic carbocycles. The van der Waals surface area contributed by atoms with Crippen LogP contribution in [0.4, 0.5) is 13.2 Å². The van der Waals surface area contributed by atoms with E-state index in [9.17, 15) is 26.4 Å². The van der Waals surface area contributed by atoms with Gasteiger partial charge in [-0.05, 0) is 12.3 Å². The standard InChI is InChI=1S/C12H18F3N3O3S/c13-12(14,15)22(20,21)18-10(11(19)17-7-6-16)8-9-4-2-1-3-5-9/h9-10,18H,1-5,7-8H2,(H,17,19)/t10-/m0/s1. The number of carbonyl (C=O) groups excluding carboxylic acids is 1. The molecule has 6 nitrogen and oxygen atoms in total. The highest BCUT2D eigenvalue weighted by molar-refractivity contribution is 7.90. The largest absolute Gasteiger partial charge is 0.511 e. The topological polar surface area (TPSA) is 99.1 Å². The molecule has 0 unspecified atom stereocenters. The van der Waals surface area contributed by atoms with Gasteiger partial charge in [0, 0.05) is 0 Å². The van der Waals surface area contributed by atoms with Crippen LogP contribution in [0.5, 0.6) is 0 Å². The number of nitrogens with zero attached hydrogens (tertiary/aromatic N) is 1. The minimum atomic E-state index is -5.61. The number of nitrogens with one attached hydrogen (secondary N) is 2. The summed E-state index contributed by atoms with van der Waals surface area (Å²) in [6, 6.07) is 0.0939. The number of halogens is 3. The summed E-state index contributed by atoms with van der Waals surface area (Å²) < 4.78 is 61.2. The minimum Gasteiger partial charge on any atom is -0.342 e. The molecule has 0 bridgehead atoms. The molecule has 0 spiro atoms.